The molecule has 1 aromatic carbocycles. The Labute approximate surface area is 159 Å². The second-order valence-corrected chi connectivity index (χ2v) is 7.44. The standard InChI is InChI=1S/C18H28NO7P/c1-2-3-4-5-6-10-17(20)19-11-12-25-27(23,24)26-16-9-7-8-15(13-16)14-18(21)22/h7-9,13H,2-6,10-12,14H2,1H3,(H,19,20)(H,21,22)(H,23,24)/p-1. The molecule has 1 unspecified atom stereocenters. The van der Waals surface area contributed by atoms with Gasteiger partial charge >= 0.3 is 13.8 Å². The van der Waals surface area contributed by atoms with Gasteiger partial charge in [0.25, 0.3) is 0 Å². The summed E-state index contributed by atoms with van der Waals surface area (Å²) in [5, 5.41) is 11.3. The lowest BCUT2D eigenvalue weighted by molar-refractivity contribution is -0.216. The maximum Gasteiger partial charge on any atom is 0.319 e. The number of phosphoric acid groups is 1. The number of amides is 1. The van der Waals surface area contributed by atoms with Crippen molar-refractivity contribution in [3.05, 3.63) is 29.8 Å². The molecule has 0 radical (unpaired) electrons. The number of carboxylic acid groups (broad SMARTS) is 1. The Morgan fingerprint density at radius 3 is 2.67 bits per heavy atom. The quantitative estimate of drug-likeness (QED) is 0.363. The van der Waals surface area contributed by atoms with Crippen molar-refractivity contribution >= 4 is 19.7 Å². The molecular weight excluding hydrogens is 373 g/mol. The summed E-state index contributed by atoms with van der Waals surface area (Å²) in [5.41, 5.74) is 0.409. The van der Waals surface area contributed by atoms with Gasteiger partial charge in [0.05, 0.1) is 13.0 Å². The van der Waals surface area contributed by atoms with E-state index >= 15 is 0 Å². The minimum Gasteiger partial charge on any atom is -0.746 e. The van der Waals surface area contributed by atoms with Gasteiger partial charge in [-0.25, -0.2) is 0 Å². The van der Waals surface area contributed by atoms with Gasteiger partial charge in [-0.15, -0.1) is 0 Å². The number of rotatable bonds is 14. The summed E-state index contributed by atoms with van der Waals surface area (Å²) in [6.45, 7) is 1.94. The maximum atomic E-state index is 11.8. The molecule has 1 aromatic rings. The third-order valence-corrected chi connectivity index (χ3v) is 4.59. The van der Waals surface area contributed by atoms with Gasteiger partial charge < -0.3 is 24.4 Å². The van der Waals surface area contributed by atoms with Crippen LogP contribution in [0.2, 0.25) is 0 Å². The molecule has 1 atom stereocenters. The maximum absolute atomic E-state index is 11.8. The average Bonchev–Trinajstić information content (AvgIpc) is 2.58. The zero-order chi connectivity index (χ0) is 20.1. The van der Waals surface area contributed by atoms with E-state index in [4.69, 9.17) is 14.2 Å². The van der Waals surface area contributed by atoms with Gasteiger partial charge in [0.1, 0.15) is 5.75 Å². The van der Waals surface area contributed by atoms with E-state index in [1.54, 1.807) is 6.07 Å². The fourth-order valence-corrected chi connectivity index (χ4v) is 3.11. The van der Waals surface area contributed by atoms with E-state index in [-0.39, 0.29) is 31.2 Å². The van der Waals surface area contributed by atoms with Crippen molar-refractivity contribution in [3.8, 4) is 5.75 Å². The van der Waals surface area contributed by atoms with E-state index in [0.29, 0.717) is 12.0 Å². The highest BCUT2D eigenvalue weighted by Gasteiger charge is 2.12. The Morgan fingerprint density at radius 2 is 1.96 bits per heavy atom. The lowest BCUT2D eigenvalue weighted by Gasteiger charge is -2.23. The number of hydrogen-bond donors (Lipinski definition) is 2. The van der Waals surface area contributed by atoms with Crippen LogP contribution in [0.3, 0.4) is 0 Å². The number of unbranched alkanes of at least 4 members (excludes halogenated alkanes) is 4. The molecular formula is C18H27NO7P-. The summed E-state index contributed by atoms with van der Waals surface area (Å²) in [5.74, 6) is -1.20. The van der Waals surface area contributed by atoms with E-state index < -0.39 is 13.8 Å². The van der Waals surface area contributed by atoms with Crippen molar-refractivity contribution in [2.45, 2.75) is 51.9 Å². The highest BCUT2D eigenvalue weighted by Crippen LogP contribution is 2.39. The molecule has 152 valence electrons. The van der Waals surface area contributed by atoms with Gasteiger partial charge in [-0.05, 0) is 24.1 Å². The van der Waals surface area contributed by atoms with Crippen LogP contribution in [0.4, 0.5) is 0 Å². The van der Waals surface area contributed by atoms with E-state index in [0.717, 1.165) is 32.1 Å². The minimum atomic E-state index is -4.61. The molecule has 1 amide bonds. The summed E-state index contributed by atoms with van der Waals surface area (Å²) in [7, 11) is -4.61. The van der Waals surface area contributed by atoms with E-state index in [9.17, 15) is 19.0 Å². The topological polar surface area (TPSA) is 125 Å². The number of carboxylic acids is 1. The molecule has 1 rings (SSSR count). The summed E-state index contributed by atoms with van der Waals surface area (Å²) >= 11 is 0. The van der Waals surface area contributed by atoms with Gasteiger partial charge in [-0.2, -0.15) is 0 Å². The van der Waals surface area contributed by atoms with Crippen molar-refractivity contribution in [2.24, 2.45) is 0 Å². The molecule has 0 saturated heterocycles. The van der Waals surface area contributed by atoms with Crippen LogP contribution in [0, 0.1) is 0 Å². The third-order valence-electron chi connectivity index (χ3n) is 3.65. The molecule has 0 aliphatic heterocycles. The number of carbonyl (C=O) groups excluding carboxylic acids is 1. The molecule has 0 aliphatic rings. The highest BCUT2D eigenvalue weighted by atomic mass is 31.2. The van der Waals surface area contributed by atoms with Crippen LogP contribution in [0.15, 0.2) is 24.3 Å². The summed E-state index contributed by atoms with van der Waals surface area (Å²) in [6.07, 6.45) is 5.39. The SMILES string of the molecule is CCCCCCCC(=O)NCCOP(=O)([O-])Oc1cccc(CC(=O)O)c1. The Morgan fingerprint density at radius 1 is 1.22 bits per heavy atom. The van der Waals surface area contributed by atoms with Crippen LogP contribution >= 0.6 is 7.82 Å². The zero-order valence-electron chi connectivity index (χ0n) is 15.5. The Kier molecular flexibility index (Phi) is 10.7. The Balaban J connectivity index is 2.28. The van der Waals surface area contributed by atoms with Gasteiger partial charge in [0, 0.05) is 13.0 Å². The van der Waals surface area contributed by atoms with E-state index in [1.807, 2.05) is 0 Å². The number of benzene rings is 1. The second-order valence-electron chi connectivity index (χ2n) is 6.10. The van der Waals surface area contributed by atoms with Crippen molar-refractivity contribution in [1.29, 1.82) is 0 Å². The number of hydrogen-bond acceptors (Lipinski definition) is 6. The van der Waals surface area contributed by atoms with Gasteiger partial charge in [-0.1, -0.05) is 44.7 Å². The first-order chi connectivity index (χ1) is 12.8. The first kappa shape index (κ1) is 23.1. The molecule has 9 heteroatoms. The van der Waals surface area contributed by atoms with E-state index in [2.05, 4.69) is 12.2 Å². The number of carbonyl (C=O) groups is 2. The van der Waals surface area contributed by atoms with Crippen molar-refractivity contribution in [1.82, 2.24) is 5.32 Å². The highest BCUT2D eigenvalue weighted by molar-refractivity contribution is 7.46. The third kappa shape index (κ3) is 11.4. The van der Waals surface area contributed by atoms with Crippen LogP contribution in [-0.2, 0) is 25.1 Å². The first-order valence-corrected chi connectivity index (χ1v) is 10.5. The molecule has 27 heavy (non-hydrogen) atoms. The Bertz CT molecular complexity index is 650. The van der Waals surface area contributed by atoms with Crippen molar-refractivity contribution in [2.75, 3.05) is 13.2 Å². The molecule has 0 bridgehead atoms. The molecule has 0 fully saturated rings. The van der Waals surface area contributed by atoms with Crippen LogP contribution in [0.5, 0.6) is 5.75 Å². The lowest BCUT2D eigenvalue weighted by Crippen LogP contribution is -2.27. The predicted octanol–water partition coefficient (Wildman–Crippen LogP) is 2.65. The Hall–Kier alpha value is -1.89. The second kappa shape index (κ2) is 12.5. The normalized spacial score (nSPS) is 13.0. The van der Waals surface area contributed by atoms with Gasteiger partial charge in [-0.3, -0.25) is 14.2 Å². The predicted molar refractivity (Wildman–Crippen MR) is 98.4 cm³/mol. The van der Waals surface area contributed by atoms with Gasteiger partial charge in [0.2, 0.25) is 5.91 Å². The number of nitrogens with one attached hydrogen (secondary N) is 1. The number of aliphatic carboxylic acids is 1. The molecule has 2 N–H and O–H groups in total. The molecule has 0 heterocycles. The smallest absolute Gasteiger partial charge is 0.319 e. The summed E-state index contributed by atoms with van der Waals surface area (Å²) in [6, 6.07) is 5.76. The molecule has 8 nitrogen and oxygen atoms in total. The summed E-state index contributed by atoms with van der Waals surface area (Å²) < 4.78 is 21.3. The fourth-order valence-electron chi connectivity index (χ4n) is 2.37. The summed E-state index contributed by atoms with van der Waals surface area (Å²) in [4.78, 5) is 34.1. The van der Waals surface area contributed by atoms with Gasteiger partial charge in [0.15, 0.2) is 0 Å². The minimum absolute atomic E-state index is 0.0248. The molecule has 0 spiro atoms. The van der Waals surface area contributed by atoms with Crippen LogP contribution in [0.25, 0.3) is 0 Å². The fraction of sp³-hybridized carbons (Fsp3) is 0.556. The van der Waals surface area contributed by atoms with Crippen LogP contribution in [-0.4, -0.2) is 30.1 Å². The lowest BCUT2D eigenvalue weighted by atomic mass is 10.1. The molecule has 0 saturated carbocycles. The average molecular weight is 400 g/mol. The first-order valence-electron chi connectivity index (χ1n) is 9.05. The zero-order valence-corrected chi connectivity index (χ0v) is 16.4. The van der Waals surface area contributed by atoms with E-state index in [1.165, 1.54) is 18.2 Å². The van der Waals surface area contributed by atoms with Crippen LogP contribution < -0.4 is 14.7 Å². The van der Waals surface area contributed by atoms with Crippen molar-refractivity contribution < 1.29 is 33.2 Å². The largest absolute Gasteiger partial charge is 0.746 e. The number of phosphoric ester groups is 1. The molecule has 0 aromatic heterocycles. The monoisotopic (exact) mass is 400 g/mol. The van der Waals surface area contributed by atoms with Crippen LogP contribution in [0.1, 0.15) is 51.0 Å². The van der Waals surface area contributed by atoms with Crippen molar-refractivity contribution in [3.63, 3.8) is 0 Å². The molecule has 0 aliphatic carbocycles.